The van der Waals surface area contributed by atoms with Gasteiger partial charge in [0.2, 0.25) is 5.88 Å². The molecule has 4 aromatic rings. The van der Waals surface area contributed by atoms with Crippen molar-refractivity contribution in [2.24, 2.45) is 0 Å². The molecule has 34 heavy (non-hydrogen) atoms. The van der Waals surface area contributed by atoms with Crippen molar-refractivity contribution in [2.75, 3.05) is 6.54 Å². The van der Waals surface area contributed by atoms with Crippen molar-refractivity contribution < 1.29 is 9.53 Å². The molecule has 1 amide bonds. The topological polar surface area (TPSA) is 54.5 Å². The monoisotopic (exact) mass is 449 g/mol. The molecule has 0 aliphatic carbocycles. The van der Waals surface area contributed by atoms with Crippen LogP contribution in [0.3, 0.4) is 0 Å². The molecule has 2 heterocycles. The molecule has 5 rings (SSSR count). The molecule has 0 saturated carbocycles. The highest BCUT2D eigenvalue weighted by Crippen LogP contribution is 2.27. The number of rotatable bonds is 7. The van der Waals surface area contributed by atoms with Gasteiger partial charge in [-0.25, -0.2) is 4.98 Å². The molecule has 0 unspecified atom stereocenters. The summed E-state index contributed by atoms with van der Waals surface area (Å²) in [6, 6.07) is 30.1. The van der Waals surface area contributed by atoms with Crippen molar-refractivity contribution in [3.8, 4) is 11.6 Å². The molecule has 1 N–H and O–H groups in total. The molecule has 5 nitrogen and oxygen atoms in total. The summed E-state index contributed by atoms with van der Waals surface area (Å²) in [6.07, 6.45) is 2.54. The number of hydrogen-bond acceptors (Lipinski definition) is 4. The Morgan fingerprint density at radius 2 is 1.65 bits per heavy atom. The van der Waals surface area contributed by atoms with E-state index in [1.165, 1.54) is 16.7 Å². The average molecular weight is 450 g/mol. The molecule has 170 valence electrons. The highest BCUT2D eigenvalue weighted by atomic mass is 16.5. The van der Waals surface area contributed by atoms with Crippen molar-refractivity contribution in [1.82, 2.24) is 15.2 Å². The molecule has 3 aromatic carbocycles. The maximum Gasteiger partial charge on any atom is 0.253 e. The van der Waals surface area contributed by atoms with Gasteiger partial charge in [-0.2, -0.15) is 0 Å². The summed E-state index contributed by atoms with van der Waals surface area (Å²) in [6.45, 7) is 3.41. The van der Waals surface area contributed by atoms with E-state index < -0.39 is 0 Å². The van der Waals surface area contributed by atoms with Crippen LogP contribution in [0.15, 0.2) is 97.2 Å². The lowest BCUT2D eigenvalue weighted by atomic mass is 9.99. The first-order valence-corrected chi connectivity index (χ1v) is 11.6. The summed E-state index contributed by atoms with van der Waals surface area (Å²) in [5.41, 5.74) is 5.56. The van der Waals surface area contributed by atoms with Gasteiger partial charge in [0.1, 0.15) is 5.75 Å². The molecule has 1 aromatic heterocycles. The van der Waals surface area contributed by atoms with Gasteiger partial charge in [0.15, 0.2) is 0 Å². The van der Waals surface area contributed by atoms with E-state index in [1.54, 1.807) is 18.3 Å². The number of nitrogens with zero attached hydrogens (tertiary/aromatic N) is 2. The number of hydrogen-bond donors (Lipinski definition) is 1. The van der Waals surface area contributed by atoms with Crippen LogP contribution >= 0.6 is 0 Å². The van der Waals surface area contributed by atoms with Crippen LogP contribution in [-0.2, 0) is 26.1 Å². The van der Waals surface area contributed by atoms with Gasteiger partial charge in [0.25, 0.3) is 5.91 Å². The fourth-order valence-electron chi connectivity index (χ4n) is 4.20. The SMILES string of the molecule is O=C(NCc1ccccc1)c1ccc(Oc2ccc3c(c2)CCN(Cc2ccccc2)C3)nc1. The Labute approximate surface area is 200 Å². The molecule has 0 radical (unpaired) electrons. The second-order valence-corrected chi connectivity index (χ2v) is 8.53. The third-order valence-corrected chi connectivity index (χ3v) is 6.03. The first kappa shape index (κ1) is 21.9. The molecule has 1 aliphatic heterocycles. The van der Waals surface area contributed by atoms with E-state index in [2.05, 4.69) is 57.7 Å². The Kier molecular flexibility index (Phi) is 6.64. The van der Waals surface area contributed by atoms with Crippen LogP contribution in [0.4, 0.5) is 0 Å². The van der Waals surface area contributed by atoms with Crippen LogP contribution in [-0.4, -0.2) is 22.3 Å². The Morgan fingerprint density at radius 3 is 2.38 bits per heavy atom. The third-order valence-electron chi connectivity index (χ3n) is 6.03. The van der Waals surface area contributed by atoms with E-state index in [0.29, 0.717) is 18.0 Å². The Hall–Kier alpha value is -3.96. The van der Waals surface area contributed by atoms with E-state index >= 15 is 0 Å². The van der Waals surface area contributed by atoms with Crippen molar-refractivity contribution >= 4 is 5.91 Å². The van der Waals surface area contributed by atoms with Crippen LogP contribution < -0.4 is 10.1 Å². The zero-order chi connectivity index (χ0) is 23.2. The minimum Gasteiger partial charge on any atom is -0.439 e. The first-order chi connectivity index (χ1) is 16.7. The zero-order valence-corrected chi connectivity index (χ0v) is 19.0. The lowest BCUT2D eigenvalue weighted by Crippen LogP contribution is -2.30. The van der Waals surface area contributed by atoms with Crippen molar-refractivity contribution in [3.63, 3.8) is 0 Å². The predicted molar refractivity (Wildman–Crippen MR) is 133 cm³/mol. The molecule has 0 fully saturated rings. The maximum atomic E-state index is 12.4. The van der Waals surface area contributed by atoms with E-state index in [0.717, 1.165) is 37.4 Å². The average Bonchev–Trinajstić information content (AvgIpc) is 2.89. The number of pyridine rings is 1. The summed E-state index contributed by atoms with van der Waals surface area (Å²) in [4.78, 5) is 19.2. The number of nitrogens with one attached hydrogen (secondary N) is 1. The van der Waals surface area contributed by atoms with E-state index in [1.807, 2.05) is 36.4 Å². The zero-order valence-electron chi connectivity index (χ0n) is 19.0. The van der Waals surface area contributed by atoms with Gasteiger partial charge < -0.3 is 10.1 Å². The summed E-state index contributed by atoms with van der Waals surface area (Å²) in [7, 11) is 0. The summed E-state index contributed by atoms with van der Waals surface area (Å²) >= 11 is 0. The minimum atomic E-state index is -0.156. The Balaban J connectivity index is 1.17. The number of amides is 1. The number of carbonyl (C=O) groups is 1. The normalized spacial score (nSPS) is 13.2. The van der Waals surface area contributed by atoms with Gasteiger partial charge in [0, 0.05) is 38.4 Å². The quantitative estimate of drug-likeness (QED) is 0.413. The van der Waals surface area contributed by atoms with Crippen LogP contribution in [0.2, 0.25) is 0 Å². The van der Waals surface area contributed by atoms with Crippen LogP contribution in [0.5, 0.6) is 11.6 Å². The molecular formula is C29H27N3O2. The van der Waals surface area contributed by atoms with E-state index in [-0.39, 0.29) is 5.91 Å². The molecule has 0 atom stereocenters. The molecule has 1 aliphatic rings. The number of ether oxygens (including phenoxy) is 1. The smallest absolute Gasteiger partial charge is 0.253 e. The van der Waals surface area contributed by atoms with Gasteiger partial charge in [0.05, 0.1) is 5.56 Å². The number of carbonyl (C=O) groups excluding carboxylic acids is 1. The Bertz CT molecular complexity index is 1240. The molecule has 0 bridgehead atoms. The standard InChI is InChI=1S/C29H27N3O2/c33-29(31-18-22-7-3-1-4-8-22)25-12-14-28(30-19-25)34-27-13-11-26-21-32(16-15-24(26)17-27)20-23-9-5-2-6-10-23/h1-14,17,19H,15-16,18,20-21H2,(H,31,33). The van der Waals surface area contributed by atoms with Gasteiger partial charge in [-0.05, 0) is 46.9 Å². The van der Waals surface area contributed by atoms with Crippen molar-refractivity contribution in [1.29, 1.82) is 0 Å². The van der Waals surface area contributed by atoms with Crippen molar-refractivity contribution in [2.45, 2.75) is 26.1 Å². The highest BCUT2D eigenvalue weighted by molar-refractivity contribution is 5.93. The van der Waals surface area contributed by atoms with E-state index in [4.69, 9.17) is 4.74 Å². The van der Waals surface area contributed by atoms with Crippen LogP contribution in [0.1, 0.15) is 32.6 Å². The second kappa shape index (κ2) is 10.3. The molecule has 5 heteroatoms. The maximum absolute atomic E-state index is 12.4. The van der Waals surface area contributed by atoms with Crippen LogP contribution in [0, 0.1) is 0 Å². The minimum absolute atomic E-state index is 0.156. The first-order valence-electron chi connectivity index (χ1n) is 11.6. The van der Waals surface area contributed by atoms with Gasteiger partial charge >= 0.3 is 0 Å². The number of benzene rings is 3. The van der Waals surface area contributed by atoms with E-state index in [9.17, 15) is 4.79 Å². The van der Waals surface area contributed by atoms with Crippen molar-refractivity contribution in [3.05, 3.63) is 125 Å². The fourth-order valence-corrected chi connectivity index (χ4v) is 4.20. The largest absolute Gasteiger partial charge is 0.439 e. The summed E-state index contributed by atoms with van der Waals surface area (Å²) < 4.78 is 5.97. The lowest BCUT2D eigenvalue weighted by Gasteiger charge is -2.29. The highest BCUT2D eigenvalue weighted by Gasteiger charge is 2.17. The number of fused-ring (bicyclic) bond motifs is 1. The summed E-state index contributed by atoms with van der Waals surface area (Å²) in [5.74, 6) is 1.09. The van der Waals surface area contributed by atoms with Gasteiger partial charge in [-0.3, -0.25) is 9.69 Å². The molecular weight excluding hydrogens is 422 g/mol. The second-order valence-electron chi connectivity index (χ2n) is 8.53. The third kappa shape index (κ3) is 5.50. The molecule has 0 saturated heterocycles. The van der Waals surface area contributed by atoms with Crippen LogP contribution in [0.25, 0.3) is 0 Å². The lowest BCUT2D eigenvalue weighted by molar-refractivity contribution is 0.0950. The Morgan fingerprint density at radius 1 is 0.882 bits per heavy atom. The number of aromatic nitrogens is 1. The summed E-state index contributed by atoms with van der Waals surface area (Å²) in [5, 5.41) is 2.91. The fraction of sp³-hybridized carbons (Fsp3) is 0.172. The predicted octanol–water partition coefficient (Wildman–Crippen LogP) is 5.36. The van der Waals surface area contributed by atoms with Gasteiger partial charge in [-0.15, -0.1) is 0 Å². The molecule has 0 spiro atoms. The van der Waals surface area contributed by atoms with Gasteiger partial charge in [-0.1, -0.05) is 66.7 Å².